The van der Waals surface area contributed by atoms with Crippen LogP contribution in [0.15, 0.2) is 0 Å². The van der Waals surface area contributed by atoms with Gasteiger partial charge in [-0.2, -0.15) is 0 Å². The summed E-state index contributed by atoms with van der Waals surface area (Å²) in [5.74, 6) is 2.01. The first kappa shape index (κ1) is 18.1. The molecule has 25 heavy (non-hydrogen) atoms. The summed E-state index contributed by atoms with van der Waals surface area (Å²) in [6.07, 6.45) is 2.60. The molecule has 2 aromatic rings. The highest BCUT2D eigenvalue weighted by Gasteiger charge is 2.32. The fraction of sp³-hybridized carbons (Fsp3) is 0.611. The second-order valence-electron chi connectivity index (χ2n) is 6.83. The zero-order valence-electron chi connectivity index (χ0n) is 15.5. The first-order valence-electron chi connectivity index (χ1n) is 8.77. The van der Waals surface area contributed by atoms with Crippen molar-refractivity contribution in [3.05, 3.63) is 16.3 Å². The number of ether oxygens (including phenoxy) is 1. The number of likely N-dealkylation sites (N-methyl/N-ethyl adjacent to an activating group) is 1. The average molecular weight is 362 g/mol. The molecule has 1 aliphatic rings. The van der Waals surface area contributed by atoms with Gasteiger partial charge in [0, 0.05) is 12.6 Å². The smallest absolute Gasteiger partial charge is 0.348 e. The summed E-state index contributed by atoms with van der Waals surface area (Å²) in [6.45, 7) is 6.85. The molecule has 0 radical (unpaired) electrons. The lowest BCUT2D eigenvalue weighted by Crippen LogP contribution is -2.36. The first-order valence-corrected chi connectivity index (χ1v) is 9.59. The number of thiophene rings is 1. The van der Waals surface area contributed by atoms with Gasteiger partial charge in [0.25, 0.3) is 0 Å². The number of anilines is 1. The molecule has 2 heterocycles. The number of hydrogen-bond donors (Lipinski definition) is 1. The summed E-state index contributed by atoms with van der Waals surface area (Å²) < 4.78 is 5.17. The Hall–Kier alpha value is -1.73. The molecule has 1 aliphatic carbocycles. The quantitative estimate of drug-likeness (QED) is 0.763. The minimum absolute atomic E-state index is 0.282. The maximum atomic E-state index is 12.2. The van der Waals surface area contributed by atoms with Crippen molar-refractivity contribution in [2.75, 3.05) is 32.6 Å². The monoisotopic (exact) mass is 362 g/mol. The van der Waals surface area contributed by atoms with E-state index in [1.165, 1.54) is 24.2 Å². The molecule has 1 unspecified atom stereocenters. The summed E-state index contributed by atoms with van der Waals surface area (Å²) in [5, 5.41) is 4.46. The van der Waals surface area contributed by atoms with Gasteiger partial charge in [-0.05, 0) is 59.2 Å². The van der Waals surface area contributed by atoms with Crippen molar-refractivity contribution in [3.8, 4) is 0 Å². The van der Waals surface area contributed by atoms with E-state index in [1.807, 2.05) is 20.8 Å². The van der Waals surface area contributed by atoms with E-state index in [-0.39, 0.29) is 5.97 Å². The van der Waals surface area contributed by atoms with E-state index in [4.69, 9.17) is 4.74 Å². The molecule has 0 spiro atoms. The second kappa shape index (κ2) is 7.25. The van der Waals surface area contributed by atoms with Crippen molar-refractivity contribution in [1.29, 1.82) is 0 Å². The van der Waals surface area contributed by atoms with Crippen molar-refractivity contribution >= 4 is 33.3 Å². The van der Waals surface area contributed by atoms with Crippen LogP contribution in [0.25, 0.3) is 10.2 Å². The van der Waals surface area contributed by atoms with E-state index < -0.39 is 0 Å². The maximum absolute atomic E-state index is 12.2. The molecule has 0 bridgehead atoms. The summed E-state index contributed by atoms with van der Waals surface area (Å²) in [5.41, 5.74) is 0.897. The molecule has 3 rings (SSSR count). The number of esters is 1. The van der Waals surface area contributed by atoms with Crippen molar-refractivity contribution in [2.24, 2.45) is 5.92 Å². The van der Waals surface area contributed by atoms with Gasteiger partial charge >= 0.3 is 5.97 Å². The Balaban J connectivity index is 1.92. The third kappa shape index (κ3) is 3.77. The van der Waals surface area contributed by atoms with E-state index in [0.29, 0.717) is 23.4 Å². The van der Waals surface area contributed by atoms with Gasteiger partial charge in [-0.15, -0.1) is 11.3 Å². The van der Waals surface area contributed by atoms with Crippen LogP contribution in [0.1, 0.15) is 40.8 Å². The van der Waals surface area contributed by atoms with Gasteiger partial charge in [0.05, 0.1) is 12.0 Å². The number of aryl methyl sites for hydroxylation is 2. The number of nitrogens with one attached hydrogen (secondary N) is 1. The molecular weight excluding hydrogens is 336 g/mol. The van der Waals surface area contributed by atoms with E-state index in [9.17, 15) is 4.79 Å². The molecule has 0 aromatic carbocycles. The van der Waals surface area contributed by atoms with Gasteiger partial charge in [0.1, 0.15) is 21.3 Å². The highest BCUT2D eigenvalue weighted by Crippen LogP contribution is 2.36. The molecule has 0 saturated heterocycles. The molecule has 1 N–H and O–H groups in total. The number of hydrogen-bond acceptors (Lipinski definition) is 7. The Morgan fingerprint density at radius 3 is 2.68 bits per heavy atom. The van der Waals surface area contributed by atoms with Gasteiger partial charge in [0.2, 0.25) is 0 Å². The van der Waals surface area contributed by atoms with E-state index in [1.54, 1.807) is 0 Å². The second-order valence-corrected chi connectivity index (χ2v) is 7.82. The van der Waals surface area contributed by atoms with Gasteiger partial charge < -0.3 is 15.0 Å². The highest BCUT2D eigenvalue weighted by molar-refractivity contribution is 7.20. The first-order chi connectivity index (χ1) is 11.9. The number of rotatable bonds is 7. The number of fused-ring (bicyclic) bond motifs is 1. The van der Waals surface area contributed by atoms with Crippen LogP contribution in [-0.4, -0.2) is 54.1 Å². The molecule has 1 atom stereocenters. The van der Waals surface area contributed by atoms with E-state index in [2.05, 4.69) is 34.3 Å². The number of carbonyl (C=O) groups is 1. The minimum Gasteiger partial charge on any atom is -0.462 e. The van der Waals surface area contributed by atoms with Crippen LogP contribution in [0, 0.1) is 19.8 Å². The zero-order chi connectivity index (χ0) is 18.1. The van der Waals surface area contributed by atoms with E-state index >= 15 is 0 Å². The molecular formula is C18H26N4O2S. The fourth-order valence-corrected chi connectivity index (χ4v) is 4.34. The number of nitrogens with zero attached hydrogens (tertiary/aromatic N) is 3. The number of aromatic nitrogens is 2. The lowest BCUT2D eigenvalue weighted by Gasteiger charge is -2.24. The molecule has 7 heteroatoms. The fourth-order valence-electron chi connectivity index (χ4n) is 3.22. The van der Waals surface area contributed by atoms with Crippen LogP contribution < -0.4 is 5.32 Å². The zero-order valence-corrected chi connectivity index (χ0v) is 16.4. The van der Waals surface area contributed by atoms with Crippen LogP contribution in [0.2, 0.25) is 0 Å². The summed E-state index contributed by atoms with van der Waals surface area (Å²) in [7, 11) is 4.25. The molecule has 2 aromatic heterocycles. The minimum atomic E-state index is -0.282. The third-order valence-electron chi connectivity index (χ3n) is 4.67. The average Bonchev–Trinajstić information content (AvgIpc) is 3.31. The van der Waals surface area contributed by atoms with Crippen molar-refractivity contribution < 1.29 is 9.53 Å². The summed E-state index contributed by atoms with van der Waals surface area (Å²) >= 11 is 1.38. The van der Waals surface area contributed by atoms with Crippen molar-refractivity contribution in [2.45, 2.75) is 39.7 Å². The Bertz CT molecular complexity index is 781. The Morgan fingerprint density at radius 2 is 2.08 bits per heavy atom. The molecule has 6 nitrogen and oxygen atoms in total. The van der Waals surface area contributed by atoms with Crippen LogP contribution in [0.3, 0.4) is 0 Å². The van der Waals surface area contributed by atoms with Crippen LogP contribution in [0.4, 0.5) is 5.82 Å². The lowest BCUT2D eigenvalue weighted by molar-refractivity contribution is 0.0531. The molecule has 1 fully saturated rings. The standard InChI is InChI=1S/C18H26N4O2S/c1-6-24-18(23)15-10(2)14-16(20-11(3)21-17(14)25-15)19-9-13(22(4)5)12-7-8-12/h12-13H,6-9H2,1-5H3,(H,19,20,21). The lowest BCUT2D eigenvalue weighted by atomic mass is 10.1. The predicted molar refractivity (Wildman–Crippen MR) is 102 cm³/mol. The molecule has 136 valence electrons. The Morgan fingerprint density at radius 1 is 1.36 bits per heavy atom. The normalized spacial score (nSPS) is 15.6. The molecule has 1 saturated carbocycles. The third-order valence-corrected chi connectivity index (χ3v) is 5.84. The van der Waals surface area contributed by atoms with Gasteiger partial charge in [-0.1, -0.05) is 0 Å². The predicted octanol–water partition coefficient (Wildman–Crippen LogP) is 3.24. The van der Waals surface area contributed by atoms with Crippen LogP contribution in [0.5, 0.6) is 0 Å². The van der Waals surface area contributed by atoms with Crippen LogP contribution >= 0.6 is 11.3 Å². The van der Waals surface area contributed by atoms with Gasteiger partial charge in [-0.25, -0.2) is 14.8 Å². The van der Waals surface area contributed by atoms with E-state index in [0.717, 1.165) is 34.1 Å². The SMILES string of the molecule is CCOC(=O)c1sc2nc(C)nc(NCC(C3CC3)N(C)C)c2c1C. The topological polar surface area (TPSA) is 67.3 Å². The Kier molecular flexibility index (Phi) is 5.24. The largest absolute Gasteiger partial charge is 0.462 e. The van der Waals surface area contributed by atoms with Gasteiger partial charge in [-0.3, -0.25) is 0 Å². The maximum Gasteiger partial charge on any atom is 0.348 e. The van der Waals surface area contributed by atoms with Crippen LogP contribution in [-0.2, 0) is 4.74 Å². The van der Waals surface area contributed by atoms with Gasteiger partial charge in [0.15, 0.2) is 0 Å². The molecule has 0 amide bonds. The van der Waals surface area contributed by atoms with Crippen molar-refractivity contribution in [1.82, 2.24) is 14.9 Å². The summed E-state index contributed by atoms with van der Waals surface area (Å²) in [6, 6.07) is 0.494. The highest BCUT2D eigenvalue weighted by atomic mass is 32.1. The van der Waals surface area contributed by atoms with Crippen molar-refractivity contribution in [3.63, 3.8) is 0 Å². The number of carbonyl (C=O) groups excluding carboxylic acids is 1. The Labute approximate surface area is 152 Å². The molecule has 0 aliphatic heterocycles. The summed E-state index contributed by atoms with van der Waals surface area (Å²) in [4.78, 5) is 25.1.